The van der Waals surface area contributed by atoms with Gasteiger partial charge >= 0.3 is 0 Å². The summed E-state index contributed by atoms with van der Waals surface area (Å²) in [5.74, 6) is -0.141. The normalized spacial score (nSPS) is 10.4. The molecule has 0 saturated heterocycles. The number of nitrogens with one attached hydrogen (secondary N) is 1. The maximum absolute atomic E-state index is 10.00. The lowest BCUT2D eigenvalue weighted by molar-refractivity contribution is 0.473. The number of rotatable bonds is 6. The Balaban J connectivity index is 0. The smallest absolute Gasteiger partial charge is 0.265 e. The molecule has 0 atom stereocenters. The van der Waals surface area contributed by atoms with Crippen LogP contribution in [-0.2, 0) is 10.1 Å². The van der Waals surface area contributed by atoms with Gasteiger partial charge in [0.25, 0.3) is 10.1 Å². The van der Waals surface area contributed by atoms with Crippen LogP contribution in [0.3, 0.4) is 0 Å². The summed E-state index contributed by atoms with van der Waals surface area (Å²) in [4.78, 5) is 0. The van der Waals surface area contributed by atoms with E-state index in [-0.39, 0.29) is 11.7 Å². The molecule has 0 unspecified atom stereocenters. The monoisotopic (exact) mass is 235 g/mol. The molecule has 0 aromatic heterocycles. The highest BCUT2D eigenvalue weighted by molar-refractivity contribution is 7.85. The first-order valence-corrected chi connectivity index (χ1v) is 6.32. The van der Waals surface area contributed by atoms with Gasteiger partial charge in [-0.1, -0.05) is 26.0 Å². The summed E-state index contributed by atoms with van der Waals surface area (Å²) in [6.07, 6.45) is 3.65. The van der Waals surface area contributed by atoms with Crippen molar-refractivity contribution in [2.45, 2.75) is 13.8 Å². The molecule has 0 aromatic rings. The standard InChI is InChI=1S/C6H11N.C4H10O3S/c1-3-5-7-6-4-2;1-4(2)3-8(5,6)7/h3-4,7H,1-2,5-6H2;4H,3H2,1-2H3,(H,5,6,7). The predicted molar refractivity (Wildman–Crippen MR) is 64.5 cm³/mol. The molecular weight excluding hydrogens is 214 g/mol. The van der Waals surface area contributed by atoms with Gasteiger partial charge in [-0.3, -0.25) is 4.55 Å². The molecule has 90 valence electrons. The third-order valence-electron chi connectivity index (χ3n) is 1.12. The molecule has 0 radical (unpaired) electrons. The highest BCUT2D eigenvalue weighted by Gasteiger charge is 2.05. The van der Waals surface area contributed by atoms with Crippen LogP contribution in [0.15, 0.2) is 25.3 Å². The fourth-order valence-corrected chi connectivity index (χ4v) is 1.55. The minimum absolute atomic E-state index is 0.00463. The largest absolute Gasteiger partial charge is 0.310 e. The quantitative estimate of drug-likeness (QED) is 0.416. The Morgan fingerprint density at radius 2 is 1.67 bits per heavy atom. The maximum atomic E-state index is 10.00. The second-order valence-corrected chi connectivity index (χ2v) is 4.88. The Bertz CT molecular complexity index is 250. The first kappa shape index (κ1) is 16.8. The van der Waals surface area contributed by atoms with Gasteiger partial charge in [-0.2, -0.15) is 8.42 Å². The van der Waals surface area contributed by atoms with Crippen molar-refractivity contribution < 1.29 is 13.0 Å². The van der Waals surface area contributed by atoms with E-state index in [0.717, 1.165) is 13.1 Å². The molecule has 0 spiro atoms. The molecule has 0 bridgehead atoms. The van der Waals surface area contributed by atoms with Crippen LogP contribution in [0.2, 0.25) is 0 Å². The lowest BCUT2D eigenvalue weighted by atomic mass is 10.3. The van der Waals surface area contributed by atoms with Gasteiger partial charge in [-0.15, -0.1) is 13.2 Å². The zero-order chi connectivity index (χ0) is 12.3. The average Bonchev–Trinajstić information content (AvgIpc) is 2.01. The molecular formula is C10H21NO3S. The average molecular weight is 235 g/mol. The summed E-state index contributed by atoms with van der Waals surface area (Å²) in [7, 11) is -3.72. The van der Waals surface area contributed by atoms with Gasteiger partial charge in [0.15, 0.2) is 0 Å². The maximum Gasteiger partial charge on any atom is 0.265 e. The second-order valence-electron chi connectivity index (χ2n) is 3.38. The first-order valence-electron chi connectivity index (χ1n) is 4.71. The lowest BCUT2D eigenvalue weighted by Gasteiger charge is -1.97. The van der Waals surface area contributed by atoms with Crippen molar-refractivity contribution in [1.82, 2.24) is 5.32 Å². The van der Waals surface area contributed by atoms with Crippen molar-refractivity contribution in [1.29, 1.82) is 0 Å². The van der Waals surface area contributed by atoms with Gasteiger partial charge in [0.2, 0.25) is 0 Å². The fourth-order valence-electron chi connectivity index (χ4n) is 0.709. The van der Waals surface area contributed by atoms with Crippen molar-refractivity contribution in [2.24, 2.45) is 5.92 Å². The van der Waals surface area contributed by atoms with E-state index >= 15 is 0 Å². The molecule has 0 aliphatic carbocycles. The Hall–Kier alpha value is -0.650. The molecule has 0 fully saturated rings. The highest BCUT2D eigenvalue weighted by atomic mass is 32.2. The van der Waals surface area contributed by atoms with E-state index < -0.39 is 10.1 Å². The molecule has 0 heterocycles. The molecule has 5 heteroatoms. The SMILES string of the molecule is C=CCNCC=C.CC(C)CS(=O)(=O)O. The van der Waals surface area contributed by atoms with Crippen LogP contribution in [0, 0.1) is 5.92 Å². The minimum Gasteiger partial charge on any atom is -0.310 e. The summed E-state index contributed by atoms with van der Waals surface area (Å²) in [5, 5.41) is 3.05. The Kier molecular flexibility index (Phi) is 11.1. The summed E-state index contributed by atoms with van der Waals surface area (Å²) < 4.78 is 28.2. The van der Waals surface area contributed by atoms with Gasteiger partial charge in [-0.25, -0.2) is 0 Å². The third kappa shape index (κ3) is 24.7. The fraction of sp³-hybridized carbons (Fsp3) is 0.600. The first-order chi connectivity index (χ1) is 6.83. The number of hydrogen-bond acceptors (Lipinski definition) is 3. The van der Waals surface area contributed by atoms with Gasteiger partial charge in [0.1, 0.15) is 0 Å². The zero-order valence-electron chi connectivity index (χ0n) is 9.44. The highest BCUT2D eigenvalue weighted by Crippen LogP contribution is 1.95. The molecule has 2 N–H and O–H groups in total. The van der Waals surface area contributed by atoms with Crippen LogP contribution in [0.5, 0.6) is 0 Å². The topological polar surface area (TPSA) is 66.4 Å². The summed E-state index contributed by atoms with van der Waals surface area (Å²) in [6.45, 7) is 12.3. The van der Waals surface area contributed by atoms with Gasteiger partial charge in [0, 0.05) is 13.1 Å². The van der Waals surface area contributed by atoms with E-state index in [1.54, 1.807) is 13.8 Å². The van der Waals surface area contributed by atoms with Gasteiger partial charge < -0.3 is 5.32 Å². The second kappa shape index (κ2) is 9.89. The molecule has 0 aliphatic heterocycles. The van der Waals surface area contributed by atoms with E-state index in [1.807, 2.05) is 12.2 Å². The Labute approximate surface area is 92.8 Å². The van der Waals surface area contributed by atoms with Crippen molar-refractivity contribution in [2.75, 3.05) is 18.8 Å². The van der Waals surface area contributed by atoms with Crippen LogP contribution >= 0.6 is 0 Å². The molecule has 15 heavy (non-hydrogen) atoms. The van der Waals surface area contributed by atoms with Crippen LogP contribution in [0.1, 0.15) is 13.8 Å². The molecule has 0 saturated carbocycles. The number of hydrogen-bond donors (Lipinski definition) is 2. The van der Waals surface area contributed by atoms with Crippen molar-refractivity contribution in [3.63, 3.8) is 0 Å². The van der Waals surface area contributed by atoms with Crippen LogP contribution in [0.25, 0.3) is 0 Å². The lowest BCUT2D eigenvalue weighted by Crippen LogP contribution is -2.11. The Morgan fingerprint density at radius 1 is 1.27 bits per heavy atom. The van der Waals surface area contributed by atoms with E-state index in [1.165, 1.54) is 0 Å². The molecule has 0 aliphatic rings. The summed E-state index contributed by atoms with van der Waals surface area (Å²) >= 11 is 0. The minimum atomic E-state index is -3.72. The molecule has 0 rings (SSSR count). The van der Waals surface area contributed by atoms with Crippen LogP contribution < -0.4 is 5.32 Å². The van der Waals surface area contributed by atoms with Gasteiger partial charge in [0.05, 0.1) is 5.75 Å². The molecule has 0 amide bonds. The van der Waals surface area contributed by atoms with E-state index in [2.05, 4.69) is 18.5 Å². The summed E-state index contributed by atoms with van der Waals surface area (Å²) in [5.41, 5.74) is 0. The summed E-state index contributed by atoms with van der Waals surface area (Å²) in [6, 6.07) is 0. The van der Waals surface area contributed by atoms with E-state index in [0.29, 0.717) is 0 Å². The zero-order valence-corrected chi connectivity index (χ0v) is 10.3. The van der Waals surface area contributed by atoms with Crippen molar-refractivity contribution >= 4 is 10.1 Å². The molecule has 0 aromatic carbocycles. The third-order valence-corrected chi connectivity index (χ3v) is 2.21. The van der Waals surface area contributed by atoms with Gasteiger partial charge in [-0.05, 0) is 5.92 Å². The van der Waals surface area contributed by atoms with Crippen LogP contribution in [-0.4, -0.2) is 31.8 Å². The van der Waals surface area contributed by atoms with E-state index in [9.17, 15) is 8.42 Å². The van der Waals surface area contributed by atoms with Crippen LogP contribution in [0.4, 0.5) is 0 Å². The van der Waals surface area contributed by atoms with E-state index in [4.69, 9.17) is 4.55 Å². The van der Waals surface area contributed by atoms with Crippen molar-refractivity contribution in [3.8, 4) is 0 Å². The molecule has 4 nitrogen and oxygen atoms in total. The Morgan fingerprint density at radius 3 is 1.80 bits per heavy atom. The predicted octanol–water partition coefficient (Wildman–Crippen LogP) is 1.48. The van der Waals surface area contributed by atoms with Crippen molar-refractivity contribution in [3.05, 3.63) is 25.3 Å².